The Morgan fingerprint density at radius 2 is 1.87 bits per heavy atom. The number of para-hydroxylation sites is 1. The third kappa shape index (κ3) is 5.05. The average Bonchev–Trinajstić information content (AvgIpc) is 3.23. The summed E-state index contributed by atoms with van der Waals surface area (Å²) >= 11 is 0. The van der Waals surface area contributed by atoms with Crippen LogP contribution in [0.3, 0.4) is 0 Å². The summed E-state index contributed by atoms with van der Waals surface area (Å²) < 4.78 is 16.9. The highest BCUT2D eigenvalue weighted by Gasteiger charge is 2.22. The molecule has 166 valence electrons. The van der Waals surface area contributed by atoms with E-state index < -0.39 is 0 Å². The van der Waals surface area contributed by atoms with E-state index in [0.29, 0.717) is 0 Å². The lowest BCUT2D eigenvalue weighted by Crippen LogP contribution is -2.45. The molecular weight excluding hydrogens is 392 g/mol. The van der Waals surface area contributed by atoms with Gasteiger partial charge in [-0.25, -0.2) is 0 Å². The number of hydrogen-bond acceptors (Lipinski definition) is 5. The summed E-state index contributed by atoms with van der Waals surface area (Å²) in [5, 5.41) is 6.82. The molecule has 2 heterocycles. The van der Waals surface area contributed by atoms with Crippen molar-refractivity contribution in [2.24, 2.45) is 4.99 Å². The summed E-state index contributed by atoms with van der Waals surface area (Å²) in [5.74, 6) is 3.41. The molecule has 0 aromatic heterocycles. The molecule has 1 unspecified atom stereocenters. The fourth-order valence-corrected chi connectivity index (χ4v) is 4.26. The van der Waals surface area contributed by atoms with Crippen molar-refractivity contribution in [1.82, 2.24) is 15.5 Å². The van der Waals surface area contributed by atoms with Gasteiger partial charge < -0.3 is 24.8 Å². The van der Waals surface area contributed by atoms with E-state index in [4.69, 9.17) is 14.2 Å². The first kappa shape index (κ1) is 21.3. The normalized spacial score (nSPS) is 18.0. The molecule has 2 aliphatic rings. The molecule has 7 heteroatoms. The van der Waals surface area contributed by atoms with Gasteiger partial charge in [-0.1, -0.05) is 18.2 Å². The molecule has 0 amide bonds. The number of ether oxygens (including phenoxy) is 3. The van der Waals surface area contributed by atoms with Gasteiger partial charge in [-0.15, -0.1) is 0 Å². The molecule has 2 aliphatic heterocycles. The molecule has 0 fully saturated rings. The number of methoxy groups -OCH3 is 2. The molecule has 7 nitrogen and oxygen atoms in total. The number of fused-ring (bicyclic) bond motifs is 2. The first-order valence-corrected chi connectivity index (χ1v) is 10.9. The van der Waals surface area contributed by atoms with Crippen molar-refractivity contribution >= 4 is 5.96 Å². The highest BCUT2D eigenvalue weighted by atomic mass is 16.5. The van der Waals surface area contributed by atoms with Gasteiger partial charge in [0.1, 0.15) is 11.9 Å². The van der Waals surface area contributed by atoms with Crippen molar-refractivity contribution < 1.29 is 14.2 Å². The maximum atomic E-state index is 6.00. The number of nitrogens with one attached hydrogen (secondary N) is 2. The zero-order chi connectivity index (χ0) is 21.6. The number of nitrogens with zero attached hydrogens (tertiary/aromatic N) is 2. The minimum atomic E-state index is 0.140. The van der Waals surface area contributed by atoms with E-state index in [1.54, 1.807) is 21.3 Å². The van der Waals surface area contributed by atoms with Crippen LogP contribution in [0.1, 0.15) is 16.7 Å². The Balaban J connectivity index is 1.22. The highest BCUT2D eigenvalue weighted by molar-refractivity contribution is 5.79. The molecule has 0 spiro atoms. The summed E-state index contributed by atoms with van der Waals surface area (Å²) in [6, 6.07) is 12.5. The number of rotatable bonds is 7. The van der Waals surface area contributed by atoms with Crippen molar-refractivity contribution in [1.29, 1.82) is 0 Å². The van der Waals surface area contributed by atoms with Gasteiger partial charge in [-0.3, -0.25) is 9.89 Å². The van der Waals surface area contributed by atoms with E-state index in [9.17, 15) is 0 Å². The standard InChI is InChI=1S/C24H32N4O3/c1-25-24(27-15-20-12-18-6-4-5-7-21(18)31-20)26-9-11-28-10-8-17-13-22(29-2)23(30-3)14-19(17)16-28/h4-7,13-14,20H,8-12,15-16H2,1-3H3,(H2,25,26,27). The van der Waals surface area contributed by atoms with Crippen LogP contribution in [-0.2, 0) is 19.4 Å². The quantitative estimate of drug-likeness (QED) is 0.525. The Labute approximate surface area is 184 Å². The van der Waals surface area contributed by atoms with Crippen LogP contribution >= 0.6 is 0 Å². The zero-order valence-corrected chi connectivity index (χ0v) is 18.6. The predicted molar refractivity (Wildman–Crippen MR) is 122 cm³/mol. The summed E-state index contributed by atoms with van der Waals surface area (Å²) in [6.45, 7) is 4.45. The Hall–Kier alpha value is -2.93. The lowest BCUT2D eigenvalue weighted by atomic mass is 9.99. The Morgan fingerprint density at radius 1 is 1.10 bits per heavy atom. The average molecular weight is 425 g/mol. The zero-order valence-electron chi connectivity index (χ0n) is 18.6. The molecule has 2 N–H and O–H groups in total. The SMILES string of the molecule is CN=C(NCCN1CCc2cc(OC)c(OC)cc2C1)NCC1Cc2ccccc2O1. The van der Waals surface area contributed by atoms with Gasteiger partial charge in [-0.05, 0) is 41.3 Å². The molecule has 0 aliphatic carbocycles. The Bertz CT molecular complexity index is 906. The molecule has 31 heavy (non-hydrogen) atoms. The van der Waals surface area contributed by atoms with E-state index in [2.05, 4.69) is 44.8 Å². The number of benzene rings is 2. The highest BCUT2D eigenvalue weighted by Crippen LogP contribution is 2.33. The molecule has 0 radical (unpaired) electrons. The monoisotopic (exact) mass is 424 g/mol. The van der Waals surface area contributed by atoms with Gasteiger partial charge in [0.05, 0.1) is 20.8 Å². The summed E-state index contributed by atoms with van der Waals surface area (Å²) in [6.07, 6.45) is 2.09. The largest absolute Gasteiger partial charge is 0.493 e. The van der Waals surface area contributed by atoms with Crippen molar-refractivity contribution in [3.8, 4) is 17.2 Å². The molecular formula is C24H32N4O3. The molecule has 0 saturated heterocycles. The van der Waals surface area contributed by atoms with E-state index in [0.717, 1.165) is 68.8 Å². The summed E-state index contributed by atoms with van der Waals surface area (Å²) in [5.41, 5.74) is 3.93. The van der Waals surface area contributed by atoms with Gasteiger partial charge in [0.15, 0.2) is 17.5 Å². The summed E-state index contributed by atoms with van der Waals surface area (Å²) in [7, 11) is 5.17. The van der Waals surface area contributed by atoms with E-state index in [1.165, 1.54) is 16.7 Å². The third-order valence-electron chi connectivity index (χ3n) is 5.95. The van der Waals surface area contributed by atoms with Crippen LogP contribution in [0, 0.1) is 0 Å². The van der Waals surface area contributed by atoms with Crippen LogP contribution in [0.4, 0.5) is 0 Å². The van der Waals surface area contributed by atoms with Gasteiger partial charge >= 0.3 is 0 Å². The van der Waals surface area contributed by atoms with Crippen LogP contribution in [0.15, 0.2) is 41.4 Å². The first-order valence-electron chi connectivity index (χ1n) is 10.9. The van der Waals surface area contributed by atoms with Crippen LogP contribution in [0.5, 0.6) is 17.2 Å². The van der Waals surface area contributed by atoms with Crippen LogP contribution in [0.25, 0.3) is 0 Å². The van der Waals surface area contributed by atoms with Crippen molar-refractivity contribution in [3.63, 3.8) is 0 Å². The van der Waals surface area contributed by atoms with Crippen molar-refractivity contribution in [2.75, 3.05) is 47.4 Å². The molecule has 1 atom stereocenters. The lowest BCUT2D eigenvalue weighted by molar-refractivity contribution is 0.234. The van der Waals surface area contributed by atoms with Gasteiger partial charge in [-0.2, -0.15) is 0 Å². The number of aliphatic imine (C=N–C) groups is 1. The van der Waals surface area contributed by atoms with E-state index >= 15 is 0 Å². The van der Waals surface area contributed by atoms with Crippen molar-refractivity contribution in [3.05, 3.63) is 53.1 Å². The Morgan fingerprint density at radius 3 is 2.61 bits per heavy atom. The number of guanidine groups is 1. The van der Waals surface area contributed by atoms with Crippen molar-refractivity contribution in [2.45, 2.75) is 25.5 Å². The van der Waals surface area contributed by atoms with Gasteiger partial charge in [0.2, 0.25) is 0 Å². The smallest absolute Gasteiger partial charge is 0.191 e. The maximum absolute atomic E-state index is 6.00. The second-order valence-electron chi connectivity index (χ2n) is 7.93. The topological polar surface area (TPSA) is 67.4 Å². The first-order chi connectivity index (χ1) is 15.2. The molecule has 0 saturated carbocycles. The minimum Gasteiger partial charge on any atom is -0.493 e. The molecule has 0 bridgehead atoms. The fourth-order valence-electron chi connectivity index (χ4n) is 4.26. The molecule has 2 aromatic carbocycles. The Kier molecular flexibility index (Phi) is 6.82. The van der Waals surface area contributed by atoms with Crippen LogP contribution in [0.2, 0.25) is 0 Å². The predicted octanol–water partition coefficient (Wildman–Crippen LogP) is 2.23. The fraction of sp³-hybridized carbons (Fsp3) is 0.458. The third-order valence-corrected chi connectivity index (χ3v) is 5.95. The van der Waals surface area contributed by atoms with E-state index in [1.807, 2.05) is 12.1 Å². The van der Waals surface area contributed by atoms with Crippen LogP contribution < -0.4 is 24.8 Å². The molecule has 2 aromatic rings. The second kappa shape index (κ2) is 9.92. The lowest BCUT2D eigenvalue weighted by Gasteiger charge is -2.29. The van der Waals surface area contributed by atoms with Gasteiger partial charge in [0, 0.05) is 39.6 Å². The van der Waals surface area contributed by atoms with Crippen LogP contribution in [-0.4, -0.2) is 64.4 Å². The maximum Gasteiger partial charge on any atom is 0.191 e. The minimum absolute atomic E-state index is 0.140. The van der Waals surface area contributed by atoms with E-state index in [-0.39, 0.29) is 6.10 Å². The molecule has 4 rings (SSSR count). The van der Waals surface area contributed by atoms with Gasteiger partial charge in [0.25, 0.3) is 0 Å². The summed E-state index contributed by atoms with van der Waals surface area (Å²) in [4.78, 5) is 6.80. The second-order valence-corrected chi connectivity index (χ2v) is 7.93. The number of hydrogen-bond donors (Lipinski definition) is 2.